The molecule has 0 saturated carbocycles. The summed E-state index contributed by atoms with van der Waals surface area (Å²) in [4.78, 5) is 26.7. The number of nitrogens with zero attached hydrogens (tertiary/aromatic N) is 1. The number of aliphatic hydroxyl groups excluding tert-OH is 3. The van der Waals surface area contributed by atoms with E-state index >= 15 is 0 Å². The number of carbonyl (C=O) groups excluding carboxylic acids is 2. The molecule has 50 heavy (non-hydrogen) atoms. The fourth-order valence-electron chi connectivity index (χ4n) is 8.57. The van der Waals surface area contributed by atoms with Gasteiger partial charge in [-0.05, 0) is 90.4 Å². The summed E-state index contributed by atoms with van der Waals surface area (Å²) in [5, 5.41) is 31.8. The Balaban J connectivity index is 1.14. The fraction of sp³-hybridized carbons (Fsp3) is 0.952. The van der Waals surface area contributed by atoms with Crippen molar-refractivity contribution in [3.05, 3.63) is 0 Å². The van der Waals surface area contributed by atoms with E-state index in [0.717, 1.165) is 116 Å². The lowest BCUT2D eigenvalue weighted by Crippen LogP contribution is -2.40. The van der Waals surface area contributed by atoms with Crippen LogP contribution in [-0.4, -0.2) is 87.7 Å². The number of ether oxygens (including phenoxy) is 2. The van der Waals surface area contributed by atoms with Gasteiger partial charge in [0, 0.05) is 25.4 Å². The predicted octanol–water partition coefficient (Wildman–Crippen LogP) is 8.59. The normalized spacial score (nSPS) is 25.1. The zero-order chi connectivity index (χ0) is 36.0. The van der Waals surface area contributed by atoms with Crippen molar-refractivity contribution >= 4 is 11.7 Å². The van der Waals surface area contributed by atoms with Gasteiger partial charge in [0.2, 0.25) is 5.91 Å². The van der Waals surface area contributed by atoms with Crippen molar-refractivity contribution in [3.63, 3.8) is 0 Å². The highest BCUT2D eigenvalue weighted by atomic mass is 16.6. The van der Waals surface area contributed by atoms with Crippen molar-refractivity contribution in [1.82, 2.24) is 4.90 Å². The van der Waals surface area contributed by atoms with Crippen LogP contribution in [0.5, 0.6) is 0 Å². The number of likely N-dealkylation sites (tertiary alicyclic amines) is 1. The summed E-state index contributed by atoms with van der Waals surface area (Å²) < 4.78 is 12.6. The van der Waals surface area contributed by atoms with Crippen LogP contribution in [0.15, 0.2) is 0 Å². The van der Waals surface area contributed by atoms with E-state index in [4.69, 9.17) is 9.47 Å². The Labute approximate surface area is 305 Å². The third kappa shape index (κ3) is 17.2. The number of ketones is 1. The van der Waals surface area contributed by atoms with Crippen LogP contribution in [-0.2, 0) is 19.1 Å². The van der Waals surface area contributed by atoms with Gasteiger partial charge in [-0.25, -0.2) is 0 Å². The minimum Gasteiger partial charge on any atom is -0.393 e. The summed E-state index contributed by atoms with van der Waals surface area (Å²) in [7, 11) is 0. The lowest BCUT2D eigenvalue weighted by atomic mass is 9.93. The first-order valence-electron chi connectivity index (χ1n) is 21.4. The van der Waals surface area contributed by atoms with E-state index in [9.17, 15) is 24.9 Å². The van der Waals surface area contributed by atoms with Crippen LogP contribution in [0.2, 0.25) is 0 Å². The first-order chi connectivity index (χ1) is 24.3. The highest BCUT2D eigenvalue weighted by Crippen LogP contribution is 2.35. The van der Waals surface area contributed by atoms with Crippen LogP contribution in [0.3, 0.4) is 0 Å². The minimum atomic E-state index is -0.486. The molecule has 8 atom stereocenters. The molecule has 3 rings (SSSR count). The third-order valence-electron chi connectivity index (χ3n) is 11.7. The van der Waals surface area contributed by atoms with E-state index in [2.05, 4.69) is 6.92 Å². The second-order valence-electron chi connectivity index (χ2n) is 16.3. The topological polar surface area (TPSA) is 117 Å². The monoisotopic (exact) mass is 708 g/mol. The second-order valence-corrected chi connectivity index (χ2v) is 16.3. The van der Waals surface area contributed by atoms with Crippen molar-refractivity contribution in [2.24, 2.45) is 5.92 Å². The molecule has 0 aromatic rings. The van der Waals surface area contributed by atoms with Crippen LogP contribution in [0.25, 0.3) is 0 Å². The molecule has 8 nitrogen and oxygen atoms in total. The maximum Gasteiger partial charge on any atom is 0.226 e. The van der Waals surface area contributed by atoms with E-state index in [0.29, 0.717) is 12.8 Å². The lowest BCUT2D eigenvalue weighted by Gasteiger charge is -2.30. The van der Waals surface area contributed by atoms with Crippen LogP contribution in [0, 0.1) is 5.92 Å². The molecule has 1 unspecified atom stereocenters. The van der Waals surface area contributed by atoms with Gasteiger partial charge in [-0.3, -0.25) is 4.79 Å². The maximum atomic E-state index is 12.9. The van der Waals surface area contributed by atoms with E-state index in [1.54, 1.807) is 6.92 Å². The Hall–Kier alpha value is -1.06. The zero-order valence-corrected chi connectivity index (χ0v) is 32.3. The van der Waals surface area contributed by atoms with Crippen LogP contribution in [0.4, 0.5) is 0 Å². The summed E-state index contributed by atoms with van der Waals surface area (Å²) in [6.07, 6.45) is 27.2. The largest absolute Gasteiger partial charge is 0.393 e. The van der Waals surface area contributed by atoms with Crippen molar-refractivity contribution in [3.8, 4) is 0 Å². The molecule has 0 aliphatic carbocycles. The first-order valence-corrected chi connectivity index (χ1v) is 21.4. The Morgan fingerprint density at radius 3 is 1.60 bits per heavy atom. The molecule has 3 aliphatic rings. The molecule has 3 N–H and O–H groups in total. The molecule has 8 heteroatoms. The predicted molar refractivity (Wildman–Crippen MR) is 201 cm³/mol. The molecule has 3 aliphatic heterocycles. The van der Waals surface area contributed by atoms with Crippen LogP contribution in [0.1, 0.15) is 194 Å². The second kappa shape index (κ2) is 25.8. The molecule has 0 bridgehead atoms. The van der Waals surface area contributed by atoms with Gasteiger partial charge in [0.25, 0.3) is 0 Å². The molecule has 0 aromatic carbocycles. The molecule has 292 valence electrons. The first kappa shape index (κ1) is 43.3. The summed E-state index contributed by atoms with van der Waals surface area (Å²) >= 11 is 0. The number of hydrogen-bond acceptors (Lipinski definition) is 7. The van der Waals surface area contributed by atoms with Gasteiger partial charge < -0.3 is 34.5 Å². The summed E-state index contributed by atoms with van der Waals surface area (Å²) in [5.41, 5.74) is 0. The number of rotatable bonds is 28. The number of unbranched alkanes of at least 4 members (excludes halogenated alkanes) is 12. The van der Waals surface area contributed by atoms with Crippen LogP contribution >= 0.6 is 0 Å². The van der Waals surface area contributed by atoms with Gasteiger partial charge >= 0.3 is 0 Å². The van der Waals surface area contributed by atoms with Crippen LogP contribution < -0.4 is 0 Å². The number of piperidine rings is 1. The third-order valence-corrected chi connectivity index (χ3v) is 11.7. The highest BCUT2D eigenvalue weighted by Gasteiger charge is 2.40. The molecular weight excluding hydrogens is 630 g/mol. The number of hydrogen-bond donors (Lipinski definition) is 3. The summed E-state index contributed by atoms with van der Waals surface area (Å²) in [6.45, 7) is 5.53. The Morgan fingerprint density at radius 1 is 0.600 bits per heavy atom. The fourth-order valence-corrected chi connectivity index (χ4v) is 8.57. The quantitative estimate of drug-likeness (QED) is 0.0698. The van der Waals surface area contributed by atoms with E-state index in [1.807, 2.05) is 4.90 Å². The van der Waals surface area contributed by atoms with Gasteiger partial charge in [-0.2, -0.15) is 0 Å². The Bertz CT molecular complexity index is 895. The molecule has 0 radical (unpaired) electrons. The number of amides is 1. The number of aliphatic hydroxyl groups is 3. The molecule has 1 amide bonds. The summed E-state index contributed by atoms with van der Waals surface area (Å²) in [5.74, 6) is 0.222. The van der Waals surface area contributed by atoms with Gasteiger partial charge in [0.15, 0.2) is 0 Å². The molecule has 0 aromatic heterocycles. The average molecular weight is 708 g/mol. The molecular formula is C42H77NO7. The van der Waals surface area contributed by atoms with E-state index in [1.165, 1.54) is 64.2 Å². The Kier molecular flexibility index (Phi) is 22.4. The lowest BCUT2D eigenvalue weighted by molar-refractivity contribution is -0.138. The maximum absolute atomic E-state index is 12.9. The number of Topliss-reactive ketones (excluding diaryl/α,β-unsaturated/α-hetero) is 1. The molecule has 0 spiro atoms. The molecule has 3 heterocycles. The summed E-state index contributed by atoms with van der Waals surface area (Å²) in [6, 6.07) is 0. The number of carbonyl (C=O) groups is 2. The van der Waals surface area contributed by atoms with Gasteiger partial charge in [-0.1, -0.05) is 96.8 Å². The van der Waals surface area contributed by atoms with Crippen molar-refractivity contribution in [2.75, 3.05) is 13.1 Å². The van der Waals surface area contributed by atoms with Gasteiger partial charge in [0.1, 0.15) is 5.78 Å². The SMILES string of the molecule is CCCCCC[C@H](O)CCC[C@H](O)[C@H]1CC[C@H]([C@H]2CC[C@H]([C@H](O)CCCCCCCCCCCCC(CC(C)=O)C(=O)N3CCCCC3)O2)O1. The molecule has 3 fully saturated rings. The highest BCUT2D eigenvalue weighted by molar-refractivity contribution is 5.85. The van der Waals surface area contributed by atoms with Gasteiger partial charge in [-0.15, -0.1) is 0 Å². The van der Waals surface area contributed by atoms with Crippen molar-refractivity contribution in [2.45, 2.75) is 236 Å². The standard InChI is InChI=1S/C42H77NO7/c1-3-4-5-16-22-35(45)23-20-25-37(47)39-27-29-41(50-39)40-28-26-38(49-40)36(46)24-17-13-11-9-7-6-8-10-12-15-21-34(32-33(2)44)42(48)43-30-18-14-19-31-43/h34-41,45-47H,3-32H2,1-2H3/t34?,35-,36+,37-,38+,39+,40+,41+/m0/s1. The minimum absolute atomic E-state index is 0.00768. The zero-order valence-electron chi connectivity index (χ0n) is 32.3. The molecule has 3 saturated heterocycles. The van der Waals surface area contributed by atoms with E-state index in [-0.39, 0.29) is 48.1 Å². The Morgan fingerprint density at radius 2 is 1.06 bits per heavy atom. The van der Waals surface area contributed by atoms with E-state index < -0.39 is 12.2 Å². The van der Waals surface area contributed by atoms with Gasteiger partial charge in [0.05, 0.1) is 42.7 Å². The average Bonchev–Trinajstić information content (AvgIpc) is 3.81. The van der Waals surface area contributed by atoms with Crippen molar-refractivity contribution in [1.29, 1.82) is 0 Å². The smallest absolute Gasteiger partial charge is 0.226 e. The van der Waals surface area contributed by atoms with Crippen molar-refractivity contribution < 1.29 is 34.4 Å².